The van der Waals surface area contributed by atoms with E-state index in [1.807, 2.05) is 60.7 Å². The Bertz CT molecular complexity index is 2270. The maximum absolute atomic E-state index is 14.1. The van der Waals surface area contributed by atoms with Crippen LogP contribution in [0.3, 0.4) is 0 Å². The maximum atomic E-state index is 14.1. The Kier molecular flexibility index (Phi) is 11.7. The molecule has 1 heterocycles. The van der Waals surface area contributed by atoms with Crippen molar-refractivity contribution >= 4 is 23.2 Å². The zero-order valence-corrected chi connectivity index (χ0v) is 32.8. The molecule has 7 rings (SSSR count). The first kappa shape index (κ1) is 39.9. The minimum absolute atomic E-state index is 0.0680. The van der Waals surface area contributed by atoms with Crippen LogP contribution in [0.5, 0.6) is 11.5 Å². The number of nitrogens with zero attached hydrogens (tertiary/aromatic N) is 4. The van der Waals surface area contributed by atoms with Crippen LogP contribution in [-0.2, 0) is 0 Å². The van der Waals surface area contributed by atoms with Crippen molar-refractivity contribution in [3.8, 4) is 11.5 Å². The van der Waals surface area contributed by atoms with E-state index in [2.05, 4.69) is 23.6 Å². The molecule has 6 aromatic rings. The molecule has 1 aliphatic rings. The first-order chi connectivity index (χ1) is 27.9. The molecule has 2 N–H and O–H groups in total. The molecule has 1 aliphatic heterocycles. The number of hydrogen-bond donors (Lipinski definition) is 2. The number of hydrogen-bond acceptors (Lipinski definition) is 6. The SMILES string of the molecule is C[C@@H]1CN(C(c2cccc(O)c2)c2cccc(C(=O)N(C)c3cccc(F)c3)c2)[C@@H](C)CN1C(c1cccc(O)c1)c1cccc(C(=O)N(C)c2cccc(F)c2)c1. The Morgan fingerprint density at radius 2 is 0.879 bits per heavy atom. The number of phenols is 2. The smallest absolute Gasteiger partial charge is 0.258 e. The fraction of sp³-hybridized carbons (Fsp3) is 0.208. The lowest BCUT2D eigenvalue weighted by atomic mass is 9.89. The van der Waals surface area contributed by atoms with E-state index in [4.69, 9.17) is 0 Å². The monoisotopic (exact) mass is 780 g/mol. The highest BCUT2D eigenvalue weighted by molar-refractivity contribution is 6.06. The number of anilines is 2. The van der Waals surface area contributed by atoms with E-state index >= 15 is 0 Å². The molecule has 0 aliphatic carbocycles. The summed E-state index contributed by atoms with van der Waals surface area (Å²) in [5, 5.41) is 21.3. The van der Waals surface area contributed by atoms with E-state index in [-0.39, 0.29) is 47.5 Å². The third-order valence-corrected chi connectivity index (χ3v) is 11.0. The standard InChI is InChI=1S/C48H46F2N4O4/c1-31-29-54(46(36-14-8-22-44(56)26-36)34-12-6-16-38(24-34)48(58)52(4)42-20-10-18-40(50)28-42)32(2)30-53(31)45(35-13-7-21-43(55)25-35)33-11-5-15-37(23-33)47(57)51(3)41-19-9-17-39(49)27-41/h5-28,31-32,45-46,55-56H,29-30H2,1-4H3/t31-,32+,45?,46?. The molecular weight excluding hydrogens is 735 g/mol. The minimum Gasteiger partial charge on any atom is -0.508 e. The second-order valence-electron chi connectivity index (χ2n) is 15.0. The van der Waals surface area contributed by atoms with Crippen LogP contribution in [0.1, 0.15) is 68.9 Å². The van der Waals surface area contributed by atoms with Crippen molar-refractivity contribution in [3.05, 3.63) is 191 Å². The number of piperazine rings is 1. The summed E-state index contributed by atoms with van der Waals surface area (Å²) in [6.07, 6.45) is 0. The number of amides is 2. The molecule has 0 bridgehead atoms. The Morgan fingerprint density at radius 1 is 0.534 bits per heavy atom. The lowest BCUT2D eigenvalue weighted by Crippen LogP contribution is -2.58. The number of benzene rings is 6. The Hall–Kier alpha value is -6.36. The van der Waals surface area contributed by atoms with Gasteiger partial charge in [-0.25, -0.2) is 8.78 Å². The van der Waals surface area contributed by atoms with Crippen molar-refractivity contribution in [2.45, 2.75) is 38.0 Å². The molecule has 2 unspecified atom stereocenters. The van der Waals surface area contributed by atoms with Gasteiger partial charge in [-0.2, -0.15) is 0 Å². The van der Waals surface area contributed by atoms with E-state index in [1.165, 1.54) is 34.1 Å². The van der Waals surface area contributed by atoms with Gasteiger partial charge in [-0.3, -0.25) is 19.4 Å². The number of phenolic OH excluding ortho intramolecular Hbond substituents is 2. The first-order valence-corrected chi connectivity index (χ1v) is 19.2. The van der Waals surface area contributed by atoms with Crippen molar-refractivity contribution in [3.63, 3.8) is 0 Å². The van der Waals surface area contributed by atoms with Gasteiger partial charge in [0.05, 0.1) is 12.1 Å². The van der Waals surface area contributed by atoms with Crippen molar-refractivity contribution in [1.29, 1.82) is 0 Å². The van der Waals surface area contributed by atoms with Crippen molar-refractivity contribution in [2.24, 2.45) is 0 Å². The third-order valence-electron chi connectivity index (χ3n) is 11.0. The van der Waals surface area contributed by atoms with Crippen LogP contribution < -0.4 is 9.80 Å². The fourth-order valence-electron chi connectivity index (χ4n) is 8.12. The Balaban J connectivity index is 1.23. The molecule has 0 aromatic heterocycles. The van der Waals surface area contributed by atoms with Gasteiger partial charge < -0.3 is 20.0 Å². The molecule has 0 radical (unpaired) electrons. The summed E-state index contributed by atoms with van der Waals surface area (Å²) in [5.41, 5.74) is 5.18. The Labute approximate surface area is 337 Å². The average Bonchev–Trinajstić information content (AvgIpc) is 3.22. The summed E-state index contributed by atoms with van der Waals surface area (Å²) >= 11 is 0. The van der Waals surface area contributed by atoms with E-state index in [0.29, 0.717) is 35.6 Å². The topological polar surface area (TPSA) is 87.6 Å². The second kappa shape index (κ2) is 17.0. The first-order valence-electron chi connectivity index (χ1n) is 19.2. The highest BCUT2D eigenvalue weighted by Crippen LogP contribution is 2.40. The summed E-state index contributed by atoms with van der Waals surface area (Å²) in [7, 11) is 3.24. The summed E-state index contributed by atoms with van der Waals surface area (Å²) in [4.78, 5) is 35.2. The maximum Gasteiger partial charge on any atom is 0.258 e. The number of aromatic hydroxyl groups is 2. The molecule has 8 nitrogen and oxygen atoms in total. The number of halogens is 2. The van der Waals surface area contributed by atoms with Crippen LogP contribution in [0.25, 0.3) is 0 Å². The second-order valence-corrected chi connectivity index (χ2v) is 15.0. The van der Waals surface area contributed by atoms with Gasteiger partial charge in [0.25, 0.3) is 11.8 Å². The lowest BCUT2D eigenvalue weighted by Gasteiger charge is -2.50. The predicted molar refractivity (Wildman–Crippen MR) is 223 cm³/mol. The summed E-state index contributed by atoms with van der Waals surface area (Å²) in [5.74, 6) is -1.19. The molecule has 4 atom stereocenters. The van der Waals surface area contributed by atoms with Gasteiger partial charge >= 0.3 is 0 Å². The van der Waals surface area contributed by atoms with Gasteiger partial charge in [0, 0.05) is 61.8 Å². The van der Waals surface area contributed by atoms with Crippen molar-refractivity contribution in [2.75, 3.05) is 37.0 Å². The highest BCUT2D eigenvalue weighted by atomic mass is 19.1. The quantitative estimate of drug-likeness (QED) is 0.144. The van der Waals surface area contributed by atoms with Crippen LogP contribution >= 0.6 is 0 Å². The molecule has 296 valence electrons. The van der Waals surface area contributed by atoms with Crippen molar-refractivity contribution < 1.29 is 28.6 Å². The molecule has 2 amide bonds. The molecule has 6 aromatic carbocycles. The van der Waals surface area contributed by atoms with Crippen molar-refractivity contribution in [1.82, 2.24) is 9.80 Å². The Morgan fingerprint density at radius 3 is 1.24 bits per heavy atom. The van der Waals surface area contributed by atoms with Gasteiger partial charge in [0.1, 0.15) is 23.1 Å². The van der Waals surface area contributed by atoms with E-state index in [0.717, 1.165) is 22.3 Å². The fourth-order valence-corrected chi connectivity index (χ4v) is 8.12. The van der Waals surface area contributed by atoms with Gasteiger partial charge in [-0.05, 0) is 121 Å². The lowest BCUT2D eigenvalue weighted by molar-refractivity contribution is 0.00753. The van der Waals surface area contributed by atoms with Crippen LogP contribution in [0.4, 0.5) is 20.2 Å². The zero-order chi connectivity index (χ0) is 41.1. The molecule has 1 saturated heterocycles. The minimum atomic E-state index is -0.432. The van der Waals surface area contributed by atoms with Crippen LogP contribution in [0, 0.1) is 11.6 Å². The summed E-state index contributed by atoms with van der Waals surface area (Å²) in [6.45, 7) is 5.46. The molecule has 58 heavy (non-hydrogen) atoms. The van der Waals surface area contributed by atoms with Gasteiger partial charge in [-0.15, -0.1) is 0 Å². The van der Waals surface area contributed by atoms with Gasteiger partial charge in [-0.1, -0.05) is 60.7 Å². The molecule has 10 heteroatoms. The largest absolute Gasteiger partial charge is 0.508 e. The zero-order valence-electron chi connectivity index (χ0n) is 32.8. The highest BCUT2D eigenvalue weighted by Gasteiger charge is 2.39. The third kappa shape index (κ3) is 8.49. The summed E-state index contributed by atoms with van der Waals surface area (Å²) in [6, 6.07) is 40.2. The number of carbonyl (C=O) groups is 2. The van der Waals surface area contributed by atoms with E-state index in [1.54, 1.807) is 74.8 Å². The number of carbonyl (C=O) groups excluding carboxylic acids is 2. The van der Waals surface area contributed by atoms with E-state index < -0.39 is 11.6 Å². The summed E-state index contributed by atoms with van der Waals surface area (Å²) < 4.78 is 28.2. The molecule has 0 spiro atoms. The normalized spacial score (nSPS) is 17.0. The van der Waals surface area contributed by atoms with E-state index in [9.17, 15) is 28.6 Å². The van der Waals surface area contributed by atoms with Gasteiger partial charge in [0.15, 0.2) is 0 Å². The molecule has 1 fully saturated rings. The predicted octanol–water partition coefficient (Wildman–Crippen LogP) is 9.20. The average molecular weight is 781 g/mol. The van der Waals surface area contributed by atoms with Gasteiger partial charge in [0.2, 0.25) is 0 Å². The van der Waals surface area contributed by atoms with Crippen LogP contribution in [-0.4, -0.2) is 71.1 Å². The molecule has 0 saturated carbocycles. The van der Waals surface area contributed by atoms with Crippen LogP contribution in [0.15, 0.2) is 146 Å². The molecular formula is C48H46F2N4O4. The van der Waals surface area contributed by atoms with Crippen LogP contribution in [0.2, 0.25) is 0 Å². The number of rotatable bonds is 10.